The number of amides is 2. The van der Waals surface area contributed by atoms with E-state index < -0.39 is 12.0 Å². The Bertz CT molecular complexity index is 353. The highest BCUT2D eigenvalue weighted by Gasteiger charge is 2.33. The minimum absolute atomic E-state index is 0.0882. The predicted molar refractivity (Wildman–Crippen MR) is 76.5 cm³/mol. The van der Waals surface area contributed by atoms with Crippen molar-refractivity contribution in [1.29, 1.82) is 0 Å². The van der Waals surface area contributed by atoms with Gasteiger partial charge in [-0.3, -0.25) is 0 Å². The van der Waals surface area contributed by atoms with E-state index in [4.69, 9.17) is 0 Å². The zero-order valence-electron chi connectivity index (χ0n) is 12.3. The van der Waals surface area contributed by atoms with Crippen molar-refractivity contribution in [3.63, 3.8) is 0 Å². The number of nitrogens with zero attached hydrogens (tertiary/aromatic N) is 1. The number of hydrogen-bond donors (Lipinski definition) is 2. The SMILES string of the molecule is CC1CCCCN1C(=O)NC(C(=O)O)C1CCCCC1. The van der Waals surface area contributed by atoms with Crippen molar-refractivity contribution < 1.29 is 14.7 Å². The van der Waals surface area contributed by atoms with Gasteiger partial charge in [0.2, 0.25) is 0 Å². The molecule has 2 atom stereocenters. The second kappa shape index (κ2) is 6.95. The normalized spacial score (nSPS) is 26.1. The predicted octanol–water partition coefficient (Wildman–Crippen LogP) is 2.60. The highest BCUT2D eigenvalue weighted by Crippen LogP contribution is 2.27. The molecule has 5 nitrogen and oxygen atoms in total. The molecule has 2 aliphatic rings. The Balaban J connectivity index is 1.96. The van der Waals surface area contributed by atoms with Gasteiger partial charge in [0.1, 0.15) is 6.04 Å². The number of rotatable bonds is 3. The van der Waals surface area contributed by atoms with Crippen LogP contribution in [0.1, 0.15) is 58.3 Å². The number of likely N-dealkylation sites (tertiary alicyclic amines) is 1. The molecule has 0 bridgehead atoms. The van der Waals surface area contributed by atoms with E-state index in [9.17, 15) is 14.7 Å². The van der Waals surface area contributed by atoms with Crippen molar-refractivity contribution >= 4 is 12.0 Å². The number of piperidine rings is 1. The van der Waals surface area contributed by atoms with E-state index in [1.54, 1.807) is 4.90 Å². The van der Waals surface area contributed by atoms with Crippen LogP contribution >= 0.6 is 0 Å². The van der Waals surface area contributed by atoms with Gasteiger partial charge >= 0.3 is 12.0 Å². The van der Waals surface area contributed by atoms with Gasteiger partial charge in [0.15, 0.2) is 0 Å². The fraction of sp³-hybridized carbons (Fsp3) is 0.867. The first kappa shape index (κ1) is 15.1. The molecule has 0 aromatic heterocycles. The second-order valence-electron chi connectivity index (χ2n) is 6.20. The molecule has 114 valence electrons. The van der Waals surface area contributed by atoms with Crippen LogP contribution in [0.4, 0.5) is 4.79 Å². The number of urea groups is 1. The van der Waals surface area contributed by atoms with Crippen LogP contribution < -0.4 is 5.32 Å². The molecule has 2 unspecified atom stereocenters. The zero-order valence-corrected chi connectivity index (χ0v) is 12.3. The van der Waals surface area contributed by atoms with Crippen molar-refractivity contribution in [3.05, 3.63) is 0 Å². The van der Waals surface area contributed by atoms with Gasteiger partial charge in [0.25, 0.3) is 0 Å². The van der Waals surface area contributed by atoms with Crippen molar-refractivity contribution in [3.8, 4) is 0 Å². The smallest absolute Gasteiger partial charge is 0.326 e. The maximum Gasteiger partial charge on any atom is 0.326 e. The van der Waals surface area contributed by atoms with Crippen molar-refractivity contribution in [2.45, 2.75) is 70.4 Å². The number of aliphatic carboxylic acids is 1. The molecule has 2 amide bonds. The fourth-order valence-corrected chi connectivity index (χ4v) is 3.46. The maximum absolute atomic E-state index is 12.3. The summed E-state index contributed by atoms with van der Waals surface area (Å²) < 4.78 is 0. The van der Waals surface area contributed by atoms with Crippen LogP contribution in [-0.4, -0.2) is 40.6 Å². The zero-order chi connectivity index (χ0) is 14.5. The topological polar surface area (TPSA) is 69.6 Å². The molecule has 0 aromatic carbocycles. The number of nitrogens with one attached hydrogen (secondary N) is 1. The van der Waals surface area contributed by atoms with Gasteiger partial charge in [-0.15, -0.1) is 0 Å². The number of carboxylic acid groups (broad SMARTS) is 1. The monoisotopic (exact) mass is 282 g/mol. The molecule has 0 radical (unpaired) electrons. The van der Waals surface area contributed by atoms with Gasteiger partial charge in [0.05, 0.1) is 0 Å². The number of carbonyl (C=O) groups is 2. The van der Waals surface area contributed by atoms with Crippen molar-refractivity contribution in [2.75, 3.05) is 6.54 Å². The summed E-state index contributed by atoms with van der Waals surface area (Å²) in [5, 5.41) is 12.2. The minimum atomic E-state index is -0.894. The highest BCUT2D eigenvalue weighted by molar-refractivity contribution is 5.83. The molecule has 2 fully saturated rings. The molecular formula is C15H26N2O3. The third-order valence-corrected chi connectivity index (χ3v) is 4.73. The lowest BCUT2D eigenvalue weighted by molar-refractivity contribution is -0.141. The first-order valence-electron chi connectivity index (χ1n) is 7.89. The summed E-state index contributed by atoms with van der Waals surface area (Å²) in [5.41, 5.74) is 0. The van der Waals surface area contributed by atoms with Crippen LogP contribution in [0.15, 0.2) is 0 Å². The molecule has 20 heavy (non-hydrogen) atoms. The third kappa shape index (κ3) is 3.64. The van der Waals surface area contributed by atoms with Crippen LogP contribution in [0.3, 0.4) is 0 Å². The van der Waals surface area contributed by atoms with E-state index in [1.807, 2.05) is 6.92 Å². The molecule has 1 saturated heterocycles. The Hall–Kier alpha value is -1.26. The van der Waals surface area contributed by atoms with E-state index in [0.717, 1.165) is 51.5 Å². The third-order valence-electron chi connectivity index (χ3n) is 4.73. The molecule has 1 saturated carbocycles. The Morgan fingerprint density at radius 2 is 1.75 bits per heavy atom. The molecule has 0 aromatic rings. The van der Waals surface area contributed by atoms with E-state index >= 15 is 0 Å². The Kier molecular flexibility index (Phi) is 5.26. The second-order valence-corrected chi connectivity index (χ2v) is 6.20. The van der Waals surface area contributed by atoms with Crippen LogP contribution in [0.2, 0.25) is 0 Å². The molecule has 0 spiro atoms. The number of hydrogen-bond acceptors (Lipinski definition) is 2. The van der Waals surface area contributed by atoms with Gasteiger partial charge in [-0.25, -0.2) is 9.59 Å². The molecule has 1 heterocycles. The van der Waals surface area contributed by atoms with Crippen molar-refractivity contribution in [1.82, 2.24) is 10.2 Å². The highest BCUT2D eigenvalue weighted by atomic mass is 16.4. The summed E-state index contributed by atoms with van der Waals surface area (Å²) in [6.45, 7) is 2.78. The number of carbonyl (C=O) groups excluding carboxylic acids is 1. The summed E-state index contributed by atoms with van der Waals surface area (Å²) >= 11 is 0. The Morgan fingerprint density at radius 1 is 1.10 bits per heavy atom. The van der Waals surface area contributed by atoms with Crippen molar-refractivity contribution in [2.24, 2.45) is 5.92 Å². The van der Waals surface area contributed by atoms with Gasteiger partial charge in [0, 0.05) is 12.6 Å². The first-order valence-corrected chi connectivity index (χ1v) is 7.89. The quantitative estimate of drug-likeness (QED) is 0.836. The van der Waals surface area contributed by atoms with E-state index in [2.05, 4.69) is 5.32 Å². The standard InChI is InChI=1S/C15H26N2O3/c1-11-7-5-6-10-17(11)15(20)16-13(14(18)19)12-8-3-2-4-9-12/h11-13H,2-10H2,1H3,(H,16,20)(H,18,19). The average Bonchev–Trinajstić information content (AvgIpc) is 2.45. The molecular weight excluding hydrogens is 256 g/mol. The Morgan fingerprint density at radius 3 is 2.35 bits per heavy atom. The summed E-state index contributed by atoms with van der Waals surface area (Å²) in [7, 11) is 0. The molecule has 5 heteroatoms. The minimum Gasteiger partial charge on any atom is -0.480 e. The molecule has 1 aliphatic carbocycles. The lowest BCUT2D eigenvalue weighted by atomic mass is 9.84. The Labute approximate surface area is 120 Å². The molecule has 1 aliphatic heterocycles. The first-order chi connectivity index (χ1) is 9.59. The van der Waals surface area contributed by atoms with Gasteiger partial charge in [-0.1, -0.05) is 19.3 Å². The van der Waals surface area contributed by atoms with Crippen LogP contribution in [-0.2, 0) is 4.79 Å². The van der Waals surface area contributed by atoms with E-state index in [1.165, 1.54) is 6.42 Å². The summed E-state index contributed by atoms with van der Waals surface area (Å²) in [4.78, 5) is 25.6. The summed E-state index contributed by atoms with van der Waals surface area (Å²) in [6.07, 6.45) is 8.32. The average molecular weight is 282 g/mol. The van der Waals surface area contributed by atoms with E-state index in [-0.39, 0.29) is 18.0 Å². The summed E-state index contributed by atoms with van der Waals surface area (Å²) in [5.74, 6) is -0.805. The van der Waals surface area contributed by atoms with Gasteiger partial charge in [-0.2, -0.15) is 0 Å². The van der Waals surface area contributed by atoms with Crippen LogP contribution in [0, 0.1) is 5.92 Å². The summed E-state index contributed by atoms with van der Waals surface area (Å²) in [6, 6.07) is -0.711. The largest absolute Gasteiger partial charge is 0.480 e. The lowest BCUT2D eigenvalue weighted by Crippen LogP contribution is -2.54. The molecule has 2 N–H and O–H groups in total. The van der Waals surface area contributed by atoms with Gasteiger partial charge < -0.3 is 15.3 Å². The van der Waals surface area contributed by atoms with Crippen LogP contribution in [0.25, 0.3) is 0 Å². The number of carboxylic acids is 1. The maximum atomic E-state index is 12.3. The lowest BCUT2D eigenvalue weighted by Gasteiger charge is -2.36. The molecule has 2 rings (SSSR count). The van der Waals surface area contributed by atoms with Crippen LogP contribution in [0.5, 0.6) is 0 Å². The fourth-order valence-electron chi connectivity index (χ4n) is 3.46. The van der Waals surface area contributed by atoms with Gasteiger partial charge in [-0.05, 0) is 44.9 Å². The van der Waals surface area contributed by atoms with E-state index in [0.29, 0.717) is 0 Å².